The Morgan fingerprint density at radius 1 is 1.32 bits per heavy atom. The summed E-state index contributed by atoms with van der Waals surface area (Å²) in [5, 5.41) is 6.39. The maximum Gasteiger partial charge on any atom is 0.261 e. The lowest BCUT2D eigenvalue weighted by molar-refractivity contribution is 0.0974. The summed E-state index contributed by atoms with van der Waals surface area (Å²) in [6, 6.07) is 9.26. The molecule has 0 saturated carbocycles. The largest absolute Gasteiger partial charge is 0.496 e. The van der Waals surface area contributed by atoms with Gasteiger partial charge < -0.3 is 14.8 Å². The molecule has 146 valence electrons. The zero-order chi connectivity index (χ0) is 20.3. The summed E-state index contributed by atoms with van der Waals surface area (Å²) < 4.78 is 12.6. The number of anilines is 1. The minimum atomic E-state index is -0.363. The molecule has 0 bridgehead atoms. The van der Waals surface area contributed by atoms with E-state index in [2.05, 4.69) is 31.5 Å². The molecule has 3 rings (SSSR count). The number of fused-ring (bicyclic) bond motifs is 1. The quantitative estimate of drug-likeness (QED) is 0.506. The predicted octanol–water partition coefficient (Wildman–Crippen LogP) is 4.90. The van der Waals surface area contributed by atoms with Crippen molar-refractivity contribution in [2.45, 2.75) is 13.8 Å². The Morgan fingerprint density at radius 3 is 2.82 bits per heavy atom. The number of ether oxygens (including phenoxy) is 2. The second kappa shape index (κ2) is 8.85. The minimum Gasteiger partial charge on any atom is -0.496 e. The van der Waals surface area contributed by atoms with Gasteiger partial charge in [-0.25, -0.2) is 4.98 Å². The number of hydrogen-bond donors (Lipinski definition) is 2. The number of carbonyl (C=O) groups excluding carboxylic acids is 1. The molecule has 28 heavy (non-hydrogen) atoms. The first-order valence-electron chi connectivity index (χ1n) is 8.41. The number of carbonyl (C=O) groups is 1. The molecule has 0 aliphatic carbocycles. The summed E-state index contributed by atoms with van der Waals surface area (Å²) in [5.41, 5.74) is 2.07. The van der Waals surface area contributed by atoms with E-state index >= 15 is 0 Å². The van der Waals surface area contributed by atoms with E-state index in [9.17, 15) is 4.79 Å². The first-order valence-corrected chi connectivity index (χ1v) is 10.4. The number of amides is 1. The van der Waals surface area contributed by atoms with E-state index in [4.69, 9.17) is 21.7 Å². The fraction of sp³-hybridized carbons (Fsp3) is 0.211. The Kier molecular flexibility index (Phi) is 6.48. The zero-order valence-electron chi connectivity index (χ0n) is 15.5. The predicted molar refractivity (Wildman–Crippen MR) is 120 cm³/mol. The number of halogens is 1. The van der Waals surface area contributed by atoms with E-state index < -0.39 is 0 Å². The Morgan fingerprint density at radius 2 is 2.11 bits per heavy atom. The van der Waals surface area contributed by atoms with E-state index in [-0.39, 0.29) is 11.0 Å². The van der Waals surface area contributed by atoms with E-state index in [0.717, 1.165) is 26.0 Å². The van der Waals surface area contributed by atoms with Gasteiger partial charge in [-0.2, -0.15) is 0 Å². The summed E-state index contributed by atoms with van der Waals surface area (Å²) in [4.78, 5) is 17.1. The molecule has 0 atom stereocenters. The van der Waals surface area contributed by atoms with Gasteiger partial charge in [-0.05, 0) is 62.0 Å². The van der Waals surface area contributed by atoms with Gasteiger partial charge in [0.05, 0.1) is 29.5 Å². The number of thiazole rings is 1. The molecule has 0 aliphatic rings. The number of nitrogens with one attached hydrogen (secondary N) is 2. The highest BCUT2D eigenvalue weighted by molar-refractivity contribution is 9.10. The smallest absolute Gasteiger partial charge is 0.261 e. The first kappa shape index (κ1) is 20.5. The van der Waals surface area contributed by atoms with Crippen molar-refractivity contribution in [1.29, 1.82) is 0 Å². The van der Waals surface area contributed by atoms with Crippen molar-refractivity contribution in [3.05, 3.63) is 45.9 Å². The normalized spacial score (nSPS) is 10.6. The van der Waals surface area contributed by atoms with E-state index in [1.165, 1.54) is 18.4 Å². The molecular weight excluding hydrogens is 462 g/mol. The molecule has 9 heteroatoms. The number of nitrogens with zero attached hydrogens (tertiary/aromatic N) is 1. The van der Waals surface area contributed by atoms with Crippen LogP contribution in [0.4, 0.5) is 5.13 Å². The highest BCUT2D eigenvalue weighted by Gasteiger charge is 2.17. The van der Waals surface area contributed by atoms with Crippen molar-refractivity contribution in [2.75, 3.05) is 19.0 Å². The maximum atomic E-state index is 12.6. The van der Waals surface area contributed by atoms with Crippen molar-refractivity contribution >= 4 is 65.9 Å². The number of benzene rings is 2. The van der Waals surface area contributed by atoms with Crippen molar-refractivity contribution in [3.8, 4) is 11.5 Å². The van der Waals surface area contributed by atoms with Crippen molar-refractivity contribution in [3.63, 3.8) is 0 Å². The van der Waals surface area contributed by atoms with Crippen LogP contribution >= 0.6 is 39.5 Å². The second-order valence-corrected chi connectivity index (χ2v) is 8.15. The minimum absolute atomic E-state index is 0.161. The Labute approximate surface area is 180 Å². The molecule has 0 unspecified atom stereocenters. The lowest BCUT2D eigenvalue weighted by atomic mass is 10.1. The molecule has 2 N–H and O–H groups in total. The van der Waals surface area contributed by atoms with E-state index in [1.807, 2.05) is 38.1 Å². The number of aromatic nitrogens is 1. The van der Waals surface area contributed by atoms with Gasteiger partial charge >= 0.3 is 0 Å². The summed E-state index contributed by atoms with van der Waals surface area (Å²) in [7, 11) is 1.53. The van der Waals surface area contributed by atoms with Crippen LogP contribution in [0.2, 0.25) is 0 Å². The lowest BCUT2D eigenvalue weighted by Gasteiger charge is -2.13. The molecule has 0 aliphatic heterocycles. The van der Waals surface area contributed by atoms with Gasteiger partial charge in [-0.3, -0.25) is 10.1 Å². The fourth-order valence-electron chi connectivity index (χ4n) is 2.68. The van der Waals surface area contributed by atoms with Crippen LogP contribution in [0.25, 0.3) is 10.2 Å². The average molecular weight is 480 g/mol. The van der Waals surface area contributed by atoms with E-state index in [1.54, 1.807) is 6.07 Å². The molecule has 1 aromatic heterocycles. The van der Waals surface area contributed by atoms with Crippen LogP contribution in [0.3, 0.4) is 0 Å². The van der Waals surface area contributed by atoms with Crippen molar-refractivity contribution in [1.82, 2.24) is 10.3 Å². The third kappa shape index (κ3) is 4.60. The lowest BCUT2D eigenvalue weighted by Crippen LogP contribution is -2.34. The summed E-state index contributed by atoms with van der Waals surface area (Å²) in [6.07, 6.45) is 0. The van der Waals surface area contributed by atoms with E-state index in [0.29, 0.717) is 23.1 Å². The molecule has 1 amide bonds. The van der Waals surface area contributed by atoms with Crippen LogP contribution in [0.15, 0.2) is 34.8 Å². The van der Waals surface area contributed by atoms with Gasteiger partial charge in [0.2, 0.25) is 0 Å². The Balaban J connectivity index is 1.74. The van der Waals surface area contributed by atoms with Crippen molar-refractivity contribution in [2.24, 2.45) is 0 Å². The second-order valence-electron chi connectivity index (χ2n) is 5.79. The van der Waals surface area contributed by atoms with Crippen LogP contribution in [-0.4, -0.2) is 29.7 Å². The number of hydrogen-bond acceptors (Lipinski definition) is 6. The highest BCUT2D eigenvalue weighted by Crippen LogP contribution is 2.30. The molecule has 0 radical (unpaired) electrons. The number of thiocarbonyl (C=S) groups is 1. The van der Waals surface area contributed by atoms with Gasteiger partial charge in [0.15, 0.2) is 10.2 Å². The molecule has 3 aromatic rings. The SMILES string of the molecule is CCOc1ccc2nc(NC(=S)NC(=O)c3cc(Br)cc(C)c3OC)sc2c1. The zero-order valence-corrected chi connectivity index (χ0v) is 18.7. The van der Waals surface area contributed by atoms with Gasteiger partial charge in [-0.1, -0.05) is 27.3 Å². The van der Waals surface area contributed by atoms with Crippen LogP contribution in [0.1, 0.15) is 22.8 Å². The summed E-state index contributed by atoms with van der Waals surface area (Å²) in [5.74, 6) is 0.934. The van der Waals surface area contributed by atoms with Gasteiger partial charge in [0, 0.05) is 4.47 Å². The molecular formula is C19H18BrN3O3S2. The van der Waals surface area contributed by atoms with Crippen LogP contribution in [0, 0.1) is 6.92 Å². The van der Waals surface area contributed by atoms with Crippen LogP contribution in [0.5, 0.6) is 11.5 Å². The third-order valence-electron chi connectivity index (χ3n) is 3.81. The molecule has 0 spiro atoms. The molecule has 6 nitrogen and oxygen atoms in total. The third-order valence-corrected chi connectivity index (χ3v) is 5.40. The Hall–Kier alpha value is -2.23. The molecule has 1 heterocycles. The highest BCUT2D eigenvalue weighted by atomic mass is 79.9. The number of rotatable bonds is 5. The number of methoxy groups -OCH3 is 1. The molecule has 0 saturated heterocycles. The molecule has 0 fully saturated rings. The topological polar surface area (TPSA) is 72.5 Å². The molecule has 2 aromatic carbocycles. The van der Waals surface area contributed by atoms with Gasteiger partial charge in [0.25, 0.3) is 5.91 Å². The first-order chi connectivity index (χ1) is 13.4. The summed E-state index contributed by atoms with van der Waals surface area (Å²) in [6.45, 7) is 4.41. The van der Waals surface area contributed by atoms with Gasteiger partial charge in [0.1, 0.15) is 11.5 Å². The van der Waals surface area contributed by atoms with Gasteiger partial charge in [-0.15, -0.1) is 0 Å². The summed E-state index contributed by atoms with van der Waals surface area (Å²) >= 11 is 10.1. The Bertz CT molecular complexity index is 1050. The maximum absolute atomic E-state index is 12.6. The van der Waals surface area contributed by atoms with Crippen LogP contribution in [-0.2, 0) is 0 Å². The monoisotopic (exact) mass is 479 g/mol. The average Bonchev–Trinajstić information content (AvgIpc) is 3.02. The van der Waals surface area contributed by atoms with Crippen molar-refractivity contribution < 1.29 is 14.3 Å². The van der Waals surface area contributed by atoms with Crippen LogP contribution < -0.4 is 20.1 Å². The number of aryl methyl sites for hydroxylation is 1. The fourth-order valence-corrected chi connectivity index (χ4v) is 4.41. The standard InChI is InChI=1S/C19H18BrN3O3S2/c1-4-26-12-5-6-14-15(9-12)28-19(21-14)23-18(27)22-17(24)13-8-11(20)7-10(2)16(13)25-3/h5-9H,4H2,1-3H3,(H2,21,22,23,24,27).